The van der Waals surface area contributed by atoms with Crippen LogP contribution in [0.5, 0.6) is 11.5 Å². The van der Waals surface area contributed by atoms with Crippen LogP contribution < -0.4 is 14.8 Å². The second kappa shape index (κ2) is 10.9. The van der Waals surface area contributed by atoms with Crippen LogP contribution in [-0.2, 0) is 9.59 Å². The lowest BCUT2D eigenvalue weighted by Gasteiger charge is -2.23. The molecule has 1 heterocycles. The Morgan fingerprint density at radius 3 is 2.56 bits per heavy atom. The Morgan fingerprint density at radius 2 is 1.88 bits per heavy atom. The molecule has 0 bridgehead atoms. The summed E-state index contributed by atoms with van der Waals surface area (Å²) in [5.41, 5.74) is 1.05. The fourth-order valence-corrected chi connectivity index (χ4v) is 5.34. The van der Waals surface area contributed by atoms with Gasteiger partial charge in [-0.2, -0.15) is 8.78 Å². The standard InChI is InChI=1S/C24H25F2N3O4S/c1-32-19-9-5-4-8-18(19)28-21(30)14-20-22(31)29(16-6-2-3-7-16)24(34-20)27-15-10-12-17(13-11-15)33-23(25)26/h4-5,8-13,16,20,23H,2-3,6-7,14H2,1H3,(H,28,30). The lowest BCUT2D eigenvalue weighted by molar-refractivity contribution is -0.129. The van der Waals surface area contributed by atoms with Crippen molar-refractivity contribution < 1.29 is 27.8 Å². The van der Waals surface area contributed by atoms with Crippen LogP contribution in [0.1, 0.15) is 32.1 Å². The topological polar surface area (TPSA) is 80.2 Å². The molecule has 1 aliphatic heterocycles. The fraction of sp³-hybridized carbons (Fsp3) is 0.375. The first-order valence-electron chi connectivity index (χ1n) is 11.0. The Hall–Kier alpha value is -3.14. The molecule has 2 aliphatic rings. The van der Waals surface area contributed by atoms with Crippen molar-refractivity contribution in [2.75, 3.05) is 12.4 Å². The number of thioether (sulfide) groups is 1. The van der Waals surface area contributed by atoms with Crippen molar-refractivity contribution in [2.24, 2.45) is 4.99 Å². The molecular formula is C24H25F2N3O4S. The quantitative estimate of drug-likeness (QED) is 0.551. The third-order valence-corrected chi connectivity index (χ3v) is 6.85. The van der Waals surface area contributed by atoms with Crippen LogP contribution in [0.25, 0.3) is 0 Å². The van der Waals surface area contributed by atoms with Crippen molar-refractivity contribution in [1.82, 2.24) is 4.90 Å². The highest BCUT2D eigenvalue weighted by Crippen LogP contribution is 2.37. The molecule has 10 heteroatoms. The summed E-state index contributed by atoms with van der Waals surface area (Å²) in [6.45, 7) is -2.90. The molecule has 1 saturated heterocycles. The number of para-hydroxylation sites is 2. The highest BCUT2D eigenvalue weighted by molar-refractivity contribution is 8.15. The van der Waals surface area contributed by atoms with Gasteiger partial charge >= 0.3 is 6.61 Å². The van der Waals surface area contributed by atoms with Gasteiger partial charge in [-0.05, 0) is 49.2 Å². The van der Waals surface area contributed by atoms with Crippen molar-refractivity contribution in [3.63, 3.8) is 0 Å². The predicted octanol–water partition coefficient (Wildman–Crippen LogP) is 5.20. The number of carbonyl (C=O) groups is 2. The van der Waals surface area contributed by atoms with Gasteiger partial charge in [-0.15, -0.1) is 0 Å². The van der Waals surface area contributed by atoms with Gasteiger partial charge in [-0.1, -0.05) is 36.7 Å². The predicted molar refractivity (Wildman–Crippen MR) is 127 cm³/mol. The van der Waals surface area contributed by atoms with E-state index in [4.69, 9.17) is 4.74 Å². The van der Waals surface area contributed by atoms with E-state index >= 15 is 0 Å². The van der Waals surface area contributed by atoms with E-state index in [0.717, 1.165) is 25.7 Å². The lowest BCUT2D eigenvalue weighted by Crippen LogP contribution is -2.40. The molecule has 1 N–H and O–H groups in total. The maximum Gasteiger partial charge on any atom is 0.387 e. The number of methoxy groups -OCH3 is 1. The molecule has 2 aromatic carbocycles. The summed E-state index contributed by atoms with van der Waals surface area (Å²) in [5.74, 6) is 0.142. The van der Waals surface area contributed by atoms with Crippen LogP contribution >= 0.6 is 11.8 Å². The number of amides is 2. The highest BCUT2D eigenvalue weighted by Gasteiger charge is 2.43. The molecule has 0 aromatic heterocycles. The van der Waals surface area contributed by atoms with Gasteiger partial charge in [0.15, 0.2) is 5.17 Å². The van der Waals surface area contributed by atoms with Crippen LogP contribution in [0.3, 0.4) is 0 Å². The Kier molecular flexibility index (Phi) is 7.66. The van der Waals surface area contributed by atoms with E-state index in [2.05, 4.69) is 15.0 Å². The van der Waals surface area contributed by atoms with Crippen molar-refractivity contribution in [3.8, 4) is 11.5 Å². The Labute approximate surface area is 200 Å². The van der Waals surface area contributed by atoms with E-state index in [1.165, 1.54) is 31.0 Å². The molecular weight excluding hydrogens is 464 g/mol. The number of ether oxygens (including phenoxy) is 2. The first kappa shape index (κ1) is 24.0. The number of alkyl halides is 2. The number of halogens is 2. The minimum absolute atomic E-state index is 0.00897. The number of carbonyl (C=O) groups excluding carboxylic acids is 2. The molecule has 1 atom stereocenters. The van der Waals surface area contributed by atoms with Crippen LogP contribution in [0.4, 0.5) is 20.2 Å². The van der Waals surface area contributed by atoms with E-state index < -0.39 is 11.9 Å². The molecule has 2 amide bonds. The SMILES string of the molecule is COc1ccccc1NC(=O)CC1SC(=Nc2ccc(OC(F)F)cc2)N(C2CCCC2)C1=O. The average molecular weight is 490 g/mol. The van der Waals surface area contributed by atoms with Gasteiger partial charge in [-0.3, -0.25) is 14.5 Å². The monoisotopic (exact) mass is 489 g/mol. The summed E-state index contributed by atoms with van der Waals surface area (Å²) in [4.78, 5) is 32.4. The van der Waals surface area contributed by atoms with Crippen LogP contribution in [0.15, 0.2) is 53.5 Å². The minimum atomic E-state index is -2.90. The molecule has 1 saturated carbocycles. The van der Waals surface area contributed by atoms with E-state index in [-0.39, 0.29) is 30.0 Å². The molecule has 1 aliphatic carbocycles. The normalized spacial score (nSPS) is 19.8. The van der Waals surface area contributed by atoms with Gasteiger partial charge < -0.3 is 14.8 Å². The van der Waals surface area contributed by atoms with E-state index in [1.807, 2.05) is 0 Å². The zero-order chi connectivity index (χ0) is 24.1. The van der Waals surface area contributed by atoms with Crippen molar-refractivity contribution in [3.05, 3.63) is 48.5 Å². The number of rotatable bonds is 8. The highest BCUT2D eigenvalue weighted by atomic mass is 32.2. The van der Waals surface area contributed by atoms with Gasteiger partial charge in [0.25, 0.3) is 0 Å². The molecule has 0 radical (unpaired) electrons. The zero-order valence-electron chi connectivity index (χ0n) is 18.6. The maximum absolute atomic E-state index is 13.3. The summed E-state index contributed by atoms with van der Waals surface area (Å²) >= 11 is 1.26. The van der Waals surface area contributed by atoms with Gasteiger partial charge in [0.05, 0.1) is 18.5 Å². The van der Waals surface area contributed by atoms with Crippen molar-refractivity contribution in [1.29, 1.82) is 0 Å². The molecule has 0 spiro atoms. The molecule has 180 valence electrons. The summed E-state index contributed by atoms with van der Waals surface area (Å²) < 4.78 is 34.5. The second-order valence-corrected chi connectivity index (χ2v) is 9.14. The Morgan fingerprint density at radius 1 is 1.18 bits per heavy atom. The van der Waals surface area contributed by atoms with E-state index in [1.54, 1.807) is 41.3 Å². The van der Waals surface area contributed by atoms with Gasteiger partial charge in [-0.25, -0.2) is 4.99 Å². The summed E-state index contributed by atoms with van der Waals surface area (Å²) in [7, 11) is 1.52. The number of nitrogens with zero attached hydrogens (tertiary/aromatic N) is 2. The van der Waals surface area contributed by atoms with Gasteiger partial charge in [0.1, 0.15) is 16.7 Å². The van der Waals surface area contributed by atoms with Crippen LogP contribution in [-0.4, -0.2) is 46.9 Å². The number of amidine groups is 1. The second-order valence-electron chi connectivity index (χ2n) is 7.97. The molecule has 2 fully saturated rings. The van der Waals surface area contributed by atoms with Gasteiger partial charge in [0, 0.05) is 12.5 Å². The summed E-state index contributed by atoms with van der Waals surface area (Å²) in [6.07, 6.45) is 3.82. The summed E-state index contributed by atoms with van der Waals surface area (Å²) in [5, 5.41) is 2.74. The largest absolute Gasteiger partial charge is 0.495 e. The third-order valence-electron chi connectivity index (χ3n) is 5.69. The number of anilines is 1. The average Bonchev–Trinajstić information content (AvgIpc) is 3.43. The number of hydrogen-bond donors (Lipinski definition) is 1. The molecule has 34 heavy (non-hydrogen) atoms. The Bertz CT molecular complexity index is 1060. The van der Waals surface area contributed by atoms with Gasteiger partial charge in [0.2, 0.25) is 11.8 Å². The maximum atomic E-state index is 13.3. The third kappa shape index (κ3) is 5.67. The van der Waals surface area contributed by atoms with Crippen molar-refractivity contribution in [2.45, 2.75) is 50.0 Å². The number of nitrogens with one attached hydrogen (secondary N) is 1. The minimum Gasteiger partial charge on any atom is -0.495 e. The first-order valence-corrected chi connectivity index (χ1v) is 11.9. The van der Waals surface area contributed by atoms with E-state index in [9.17, 15) is 18.4 Å². The van der Waals surface area contributed by atoms with Crippen LogP contribution in [0.2, 0.25) is 0 Å². The summed E-state index contributed by atoms with van der Waals surface area (Å²) in [6, 6.07) is 13.1. The smallest absolute Gasteiger partial charge is 0.387 e. The Balaban J connectivity index is 1.50. The van der Waals surface area contributed by atoms with Crippen LogP contribution in [0, 0.1) is 0 Å². The van der Waals surface area contributed by atoms with Crippen molar-refractivity contribution >= 4 is 40.1 Å². The molecule has 1 unspecified atom stereocenters. The number of aliphatic imine (C=N–C) groups is 1. The fourth-order valence-electron chi connectivity index (χ4n) is 4.12. The molecule has 2 aromatic rings. The lowest BCUT2D eigenvalue weighted by atomic mass is 10.2. The first-order chi connectivity index (χ1) is 16.4. The molecule has 7 nitrogen and oxygen atoms in total. The number of benzene rings is 2. The van der Waals surface area contributed by atoms with E-state index in [0.29, 0.717) is 22.3 Å². The zero-order valence-corrected chi connectivity index (χ0v) is 19.4. The number of hydrogen-bond acceptors (Lipinski definition) is 6. The molecule has 4 rings (SSSR count).